The molecule has 188 valence electrons. The Labute approximate surface area is 222 Å². The summed E-state index contributed by atoms with van der Waals surface area (Å²) in [6.45, 7) is 9.11. The van der Waals surface area contributed by atoms with Crippen LogP contribution in [0.3, 0.4) is 0 Å². The highest BCUT2D eigenvalue weighted by Crippen LogP contribution is 2.54. The maximum Gasteiger partial charge on any atom is 0.162 e. The highest BCUT2D eigenvalue weighted by molar-refractivity contribution is 9.10. The normalized spacial score (nSPS) is 21.4. The Hall–Kier alpha value is -2.66. The molecule has 0 N–H and O–H groups in total. The van der Waals surface area contributed by atoms with Gasteiger partial charge in [-0.2, -0.15) is 0 Å². The number of carbonyl (C=O) groups excluding carboxylic acids is 2. The van der Waals surface area contributed by atoms with Gasteiger partial charge in [0, 0.05) is 48.3 Å². The van der Waals surface area contributed by atoms with Crippen molar-refractivity contribution in [3.05, 3.63) is 86.7 Å². The van der Waals surface area contributed by atoms with Crippen LogP contribution >= 0.6 is 15.9 Å². The number of ether oxygens (including phenoxy) is 1. The minimum absolute atomic E-state index is 0.100. The van der Waals surface area contributed by atoms with Gasteiger partial charge in [-0.25, -0.2) is 0 Å². The SMILES string of the molecule is CN1C2=C(C(=O)CC(C)(C)C2)C(c2ccc(OCc3ccccc3)c(Br)c2)C2=C1CC(C)(C)CC2=O. The molecule has 3 aliphatic rings. The van der Waals surface area contributed by atoms with Crippen molar-refractivity contribution in [1.29, 1.82) is 0 Å². The first-order valence-electron chi connectivity index (χ1n) is 12.7. The van der Waals surface area contributed by atoms with Crippen molar-refractivity contribution in [1.82, 2.24) is 4.90 Å². The highest BCUT2D eigenvalue weighted by atomic mass is 79.9. The average molecular weight is 549 g/mol. The van der Waals surface area contributed by atoms with E-state index in [1.165, 1.54) is 0 Å². The van der Waals surface area contributed by atoms with E-state index in [2.05, 4.69) is 48.5 Å². The van der Waals surface area contributed by atoms with Crippen molar-refractivity contribution in [3.63, 3.8) is 0 Å². The molecule has 0 bridgehead atoms. The van der Waals surface area contributed by atoms with E-state index in [9.17, 15) is 9.59 Å². The average Bonchev–Trinajstić information content (AvgIpc) is 2.79. The van der Waals surface area contributed by atoms with Gasteiger partial charge in [-0.1, -0.05) is 64.1 Å². The molecule has 0 fully saturated rings. The van der Waals surface area contributed by atoms with E-state index in [1.807, 2.05) is 55.6 Å². The van der Waals surface area contributed by atoms with Gasteiger partial charge in [0.25, 0.3) is 0 Å². The van der Waals surface area contributed by atoms with Crippen molar-refractivity contribution < 1.29 is 14.3 Å². The fourth-order valence-corrected chi connectivity index (χ4v) is 6.56. The van der Waals surface area contributed by atoms with Crippen LogP contribution in [0.5, 0.6) is 5.75 Å². The van der Waals surface area contributed by atoms with Crippen LogP contribution in [-0.2, 0) is 16.2 Å². The lowest BCUT2D eigenvalue weighted by Gasteiger charge is -2.47. The van der Waals surface area contributed by atoms with Crippen LogP contribution in [-0.4, -0.2) is 23.5 Å². The molecule has 36 heavy (non-hydrogen) atoms. The second-order valence-electron chi connectivity index (χ2n) is 12.1. The van der Waals surface area contributed by atoms with Gasteiger partial charge in [-0.3, -0.25) is 9.59 Å². The number of ketones is 2. The van der Waals surface area contributed by atoms with Crippen molar-refractivity contribution in [2.75, 3.05) is 7.05 Å². The Morgan fingerprint density at radius 1 is 0.861 bits per heavy atom. The molecule has 0 amide bonds. The van der Waals surface area contributed by atoms with Gasteiger partial charge in [-0.05, 0) is 62.9 Å². The first-order valence-corrected chi connectivity index (χ1v) is 13.5. The third-order valence-electron chi connectivity index (χ3n) is 7.71. The van der Waals surface area contributed by atoms with Crippen molar-refractivity contribution in [2.24, 2.45) is 10.8 Å². The van der Waals surface area contributed by atoms with E-state index in [4.69, 9.17) is 4.74 Å². The molecule has 0 saturated carbocycles. The van der Waals surface area contributed by atoms with Gasteiger partial charge >= 0.3 is 0 Å². The second-order valence-corrected chi connectivity index (χ2v) is 12.9. The second kappa shape index (κ2) is 9.02. The Kier molecular flexibility index (Phi) is 6.27. The molecule has 2 aliphatic carbocycles. The number of rotatable bonds is 4. The molecule has 0 atom stereocenters. The van der Waals surface area contributed by atoms with Crippen LogP contribution in [0.4, 0.5) is 0 Å². The third-order valence-corrected chi connectivity index (χ3v) is 8.33. The van der Waals surface area contributed by atoms with Gasteiger partial charge in [0.1, 0.15) is 12.4 Å². The zero-order valence-electron chi connectivity index (χ0n) is 21.8. The molecule has 5 rings (SSSR count). The molecule has 2 aromatic carbocycles. The summed E-state index contributed by atoms with van der Waals surface area (Å²) in [4.78, 5) is 29.4. The van der Waals surface area contributed by atoms with E-state index in [-0.39, 0.29) is 28.3 Å². The highest BCUT2D eigenvalue weighted by Gasteiger charge is 2.48. The molecular formula is C31H34BrNO3. The number of carbonyl (C=O) groups is 2. The smallest absolute Gasteiger partial charge is 0.162 e. The molecule has 1 aliphatic heterocycles. The van der Waals surface area contributed by atoms with Crippen LogP contribution in [0.2, 0.25) is 0 Å². The van der Waals surface area contributed by atoms with Crippen LogP contribution in [0, 0.1) is 10.8 Å². The Balaban J connectivity index is 1.58. The Morgan fingerprint density at radius 3 is 1.94 bits per heavy atom. The zero-order chi connectivity index (χ0) is 25.8. The number of nitrogens with zero attached hydrogens (tertiary/aromatic N) is 1. The van der Waals surface area contributed by atoms with E-state index < -0.39 is 0 Å². The number of hydrogen-bond acceptors (Lipinski definition) is 4. The number of allylic oxidation sites excluding steroid dienone is 4. The monoisotopic (exact) mass is 547 g/mol. The van der Waals surface area contributed by atoms with E-state index in [0.717, 1.165) is 56.7 Å². The molecule has 1 heterocycles. The van der Waals surface area contributed by atoms with Gasteiger partial charge in [0.15, 0.2) is 11.6 Å². The van der Waals surface area contributed by atoms with Crippen LogP contribution in [0.15, 0.2) is 75.5 Å². The minimum Gasteiger partial charge on any atom is -0.488 e. The van der Waals surface area contributed by atoms with Crippen molar-refractivity contribution >= 4 is 27.5 Å². The molecule has 4 nitrogen and oxygen atoms in total. The molecule has 5 heteroatoms. The van der Waals surface area contributed by atoms with E-state index in [1.54, 1.807) is 0 Å². The van der Waals surface area contributed by atoms with Crippen LogP contribution in [0.25, 0.3) is 0 Å². The lowest BCUT2D eigenvalue weighted by Crippen LogP contribution is -2.43. The predicted octanol–water partition coefficient (Wildman–Crippen LogP) is 7.34. The van der Waals surface area contributed by atoms with Gasteiger partial charge in [0.2, 0.25) is 0 Å². The number of halogens is 1. The largest absolute Gasteiger partial charge is 0.488 e. The fraction of sp³-hybridized carbons (Fsp3) is 0.419. The molecule has 0 saturated heterocycles. The number of benzene rings is 2. The summed E-state index contributed by atoms with van der Waals surface area (Å²) in [5.41, 5.74) is 5.61. The number of Topliss-reactive ketones (excluding diaryl/α,β-unsaturated/α-hetero) is 2. The first-order chi connectivity index (χ1) is 17.0. The topological polar surface area (TPSA) is 46.6 Å². The predicted molar refractivity (Wildman–Crippen MR) is 146 cm³/mol. The quantitative estimate of drug-likeness (QED) is 0.401. The van der Waals surface area contributed by atoms with E-state index >= 15 is 0 Å². The van der Waals surface area contributed by atoms with Gasteiger partial charge < -0.3 is 9.64 Å². The zero-order valence-corrected chi connectivity index (χ0v) is 23.4. The molecular weight excluding hydrogens is 514 g/mol. The fourth-order valence-electron chi connectivity index (χ4n) is 6.05. The van der Waals surface area contributed by atoms with Gasteiger partial charge in [-0.15, -0.1) is 0 Å². The third kappa shape index (κ3) is 4.58. The van der Waals surface area contributed by atoms with Crippen LogP contribution in [0.1, 0.15) is 70.4 Å². The molecule has 0 aromatic heterocycles. The minimum atomic E-state index is -0.335. The summed E-state index contributed by atoms with van der Waals surface area (Å²) in [6.07, 6.45) is 2.65. The van der Waals surface area contributed by atoms with Crippen molar-refractivity contribution in [2.45, 2.75) is 65.9 Å². The molecule has 0 radical (unpaired) electrons. The summed E-state index contributed by atoms with van der Waals surface area (Å²) in [7, 11) is 2.04. The summed E-state index contributed by atoms with van der Waals surface area (Å²) in [5.74, 6) is 0.717. The maximum absolute atomic E-state index is 13.6. The summed E-state index contributed by atoms with van der Waals surface area (Å²) in [5, 5.41) is 0. The lowest BCUT2D eigenvalue weighted by molar-refractivity contribution is -0.119. The van der Waals surface area contributed by atoms with Crippen LogP contribution < -0.4 is 4.74 Å². The Morgan fingerprint density at radius 2 is 1.42 bits per heavy atom. The maximum atomic E-state index is 13.6. The first kappa shape index (κ1) is 25.0. The summed E-state index contributed by atoms with van der Waals surface area (Å²) < 4.78 is 6.90. The Bertz CT molecular complexity index is 1250. The summed E-state index contributed by atoms with van der Waals surface area (Å²) >= 11 is 3.70. The molecule has 0 unspecified atom stereocenters. The molecule has 0 spiro atoms. The standard InChI is InChI=1S/C31H34BrNO3/c1-30(2)14-22-28(24(34)16-30)27(29-23(33(22)5)15-31(3,4)17-25(29)35)20-11-12-26(21(32)13-20)36-18-19-9-7-6-8-10-19/h6-13,27H,14-18H2,1-5H3. The van der Waals surface area contributed by atoms with Gasteiger partial charge in [0.05, 0.1) is 4.47 Å². The van der Waals surface area contributed by atoms with Crippen molar-refractivity contribution in [3.8, 4) is 5.75 Å². The van der Waals surface area contributed by atoms with E-state index in [0.29, 0.717) is 19.4 Å². The number of hydrogen-bond donors (Lipinski definition) is 0. The molecule has 2 aromatic rings. The summed E-state index contributed by atoms with van der Waals surface area (Å²) in [6, 6.07) is 16.1. The lowest BCUT2D eigenvalue weighted by atomic mass is 9.64.